The molecule has 0 aliphatic heterocycles. The van der Waals surface area contributed by atoms with Gasteiger partial charge in [-0.05, 0) is 48.4 Å². The van der Waals surface area contributed by atoms with Crippen molar-refractivity contribution in [2.45, 2.75) is 11.3 Å². The number of nitrogens with one attached hydrogen (secondary N) is 2. The fourth-order valence-corrected chi connectivity index (χ4v) is 2.81. The summed E-state index contributed by atoms with van der Waals surface area (Å²) in [5, 5.41) is 3.23. The molecule has 0 atom stereocenters. The molecule has 0 aliphatic carbocycles. The van der Waals surface area contributed by atoms with Crippen LogP contribution in [0.15, 0.2) is 53.4 Å². The minimum atomic E-state index is -3.97. The zero-order valence-electron chi connectivity index (χ0n) is 13.0. The number of carbonyl (C=O) groups is 1. The first-order chi connectivity index (χ1) is 11.9. The van der Waals surface area contributed by atoms with Crippen molar-refractivity contribution in [3.63, 3.8) is 0 Å². The van der Waals surface area contributed by atoms with E-state index in [0.717, 1.165) is 29.8 Å². The van der Waals surface area contributed by atoms with Crippen LogP contribution < -0.4 is 10.2 Å². The summed E-state index contributed by atoms with van der Waals surface area (Å²) in [5.74, 6) is -1.03. The van der Waals surface area contributed by atoms with Gasteiger partial charge in [0.2, 0.25) is 5.91 Å². The number of halogens is 2. The van der Waals surface area contributed by atoms with Gasteiger partial charge in [-0.15, -0.1) is 0 Å². The van der Waals surface area contributed by atoms with E-state index in [1.807, 2.05) is 17.0 Å². The highest BCUT2D eigenvalue weighted by Crippen LogP contribution is 2.10. The third-order valence-corrected chi connectivity index (χ3v) is 4.63. The van der Waals surface area contributed by atoms with Gasteiger partial charge in [-0.1, -0.05) is 28.6 Å². The van der Waals surface area contributed by atoms with E-state index in [1.54, 1.807) is 12.1 Å². The van der Waals surface area contributed by atoms with Gasteiger partial charge < -0.3 is 5.32 Å². The number of amides is 1. The SMILES string of the molecule is O=C(CONS(=O)(=O)c1ccc(F)cc1)NCCc1ccc(Cl)cc1. The Kier molecular flexibility index (Phi) is 6.89. The summed E-state index contributed by atoms with van der Waals surface area (Å²) < 4.78 is 36.5. The third-order valence-electron chi connectivity index (χ3n) is 3.14. The van der Waals surface area contributed by atoms with Crippen LogP contribution in [0.5, 0.6) is 0 Å². The number of hydrogen-bond donors (Lipinski definition) is 2. The molecule has 0 heterocycles. The Balaban J connectivity index is 1.71. The molecule has 2 aromatic rings. The van der Waals surface area contributed by atoms with Gasteiger partial charge in [0.05, 0.1) is 4.90 Å². The number of hydrogen-bond acceptors (Lipinski definition) is 4. The van der Waals surface area contributed by atoms with E-state index in [0.29, 0.717) is 18.0 Å². The van der Waals surface area contributed by atoms with Crippen LogP contribution in [-0.4, -0.2) is 27.5 Å². The minimum absolute atomic E-state index is 0.169. The number of sulfonamides is 1. The molecule has 9 heteroatoms. The van der Waals surface area contributed by atoms with Crippen molar-refractivity contribution in [3.8, 4) is 0 Å². The molecule has 0 radical (unpaired) electrons. The Hall–Kier alpha value is -2.00. The summed E-state index contributed by atoms with van der Waals surface area (Å²) in [4.78, 5) is 18.0. The molecule has 1 amide bonds. The van der Waals surface area contributed by atoms with Crippen molar-refractivity contribution in [3.05, 3.63) is 64.9 Å². The van der Waals surface area contributed by atoms with Gasteiger partial charge in [-0.25, -0.2) is 12.8 Å². The Labute approximate surface area is 150 Å². The van der Waals surface area contributed by atoms with E-state index in [4.69, 9.17) is 16.4 Å². The molecule has 0 saturated heterocycles. The average molecular weight is 387 g/mol. The molecule has 134 valence electrons. The van der Waals surface area contributed by atoms with Crippen LogP contribution in [-0.2, 0) is 26.1 Å². The second-order valence-electron chi connectivity index (χ2n) is 5.06. The Morgan fingerprint density at radius 2 is 1.72 bits per heavy atom. The predicted molar refractivity (Wildman–Crippen MR) is 90.8 cm³/mol. The second kappa shape index (κ2) is 8.91. The highest BCUT2D eigenvalue weighted by Gasteiger charge is 2.14. The highest BCUT2D eigenvalue weighted by atomic mass is 35.5. The second-order valence-corrected chi connectivity index (χ2v) is 7.14. The summed E-state index contributed by atoms with van der Waals surface area (Å²) in [6.07, 6.45) is 0.601. The molecule has 6 nitrogen and oxygen atoms in total. The molecule has 0 bridgehead atoms. The van der Waals surface area contributed by atoms with E-state index in [9.17, 15) is 17.6 Å². The van der Waals surface area contributed by atoms with Crippen LogP contribution in [0.25, 0.3) is 0 Å². The van der Waals surface area contributed by atoms with Crippen LogP contribution in [0.4, 0.5) is 4.39 Å². The fourth-order valence-electron chi connectivity index (χ4n) is 1.88. The van der Waals surface area contributed by atoms with Gasteiger partial charge in [0, 0.05) is 11.6 Å². The summed E-state index contributed by atoms with van der Waals surface area (Å²) in [7, 11) is -3.97. The molecule has 0 fully saturated rings. The normalized spacial score (nSPS) is 11.3. The highest BCUT2D eigenvalue weighted by molar-refractivity contribution is 7.89. The lowest BCUT2D eigenvalue weighted by Crippen LogP contribution is -2.33. The van der Waals surface area contributed by atoms with Crippen LogP contribution in [0.2, 0.25) is 5.02 Å². The molecule has 2 rings (SSSR count). The zero-order valence-corrected chi connectivity index (χ0v) is 14.6. The lowest BCUT2D eigenvalue weighted by molar-refractivity contribution is -0.126. The minimum Gasteiger partial charge on any atom is -0.354 e. The van der Waals surface area contributed by atoms with Crippen LogP contribution in [0, 0.1) is 5.82 Å². The third kappa shape index (κ3) is 6.43. The first kappa shape index (κ1) is 19.3. The van der Waals surface area contributed by atoms with Crippen molar-refractivity contribution in [2.75, 3.05) is 13.2 Å². The van der Waals surface area contributed by atoms with Crippen LogP contribution in [0.3, 0.4) is 0 Å². The monoisotopic (exact) mass is 386 g/mol. The van der Waals surface area contributed by atoms with Gasteiger partial charge in [-0.3, -0.25) is 9.63 Å². The summed E-state index contributed by atoms with van der Waals surface area (Å²) in [6, 6.07) is 11.4. The van der Waals surface area contributed by atoms with Gasteiger partial charge in [0.1, 0.15) is 12.4 Å². The van der Waals surface area contributed by atoms with E-state index < -0.39 is 28.4 Å². The van der Waals surface area contributed by atoms with Crippen molar-refractivity contribution < 1.29 is 22.4 Å². The smallest absolute Gasteiger partial charge is 0.262 e. The molecule has 0 aliphatic rings. The van der Waals surface area contributed by atoms with Crippen molar-refractivity contribution in [2.24, 2.45) is 0 Å². The maximum absolute atomic E-state index is 12.8. The van der Waals surface area contributed by atoms with E-state index in [1.165, 1.54) is 0 Å². The van der Waals surface area contributed by atoms with E-state index in [2.05, 4.69) is 5.32 Å². The average Bonchev–Trinajstić information content (AvgIpc) is 2.57. The molecular formula is C16H16ClFN2O4S. The molecular weight excluding hydrogens is 371 g/mol. The van der Waals surface area contributed by atoms with Crippen LogP contribution >= 0.6 is 11.6 Å². The maximum Gasteiger partial charge on any atom is 0.262 e. The number of benzene rings is 2. The Morgan fingerprint density at radius 3 is 2.36 bits per heavy atom. The summed E-state index contributed by atoms with van der Waals surface area (Å²) in [6.45, 7) is -0.115. The number of rotatable bonds is 8. The molecule has 25 heavy (non-hydrogen) atoms. The van der Waals surface area contributed by atoms with Crippen molar-refractivity contribution in [1.82, 2.24) is 10.2 Å². The van der Waals surface area contributed by atoms with Gasteiger partial charge >= 0.3 is 0 Å². The summed E-state index contributed by atoms with van der Waals surface area (Å²) >= 11 is 5.78. The lowest BCUT2D eigenvalue weighted by Gasteiger charge is -2.08. The van der Waals surface area contributed by atoms with E-state index in [-0.39, 0.29) is 4.90 Å². The molecule has 2 aromatic carbocycles. The standard InChI is InChI=1S/C16H16ClFN2O4S/c17-13-3-1-12(2-4-13)9-10-19-16(21)11-24-20-25(22,23)15-7-5-14(18)6-8-15/h1-8,20H,9-11H2,(H,19,21). The molecule has 0 unspecified atom stereocenters. The lowest BCUT2D eigenvalue weighted by atomic mass is 10.1. The van der Waals surface area contributed by atoms with Crippen molar-refractivity contribution >= 4 is 27.5 Å². The van der Waals surface area contributed by atoms with Gasteiger partial charge in [0.25, 0.3) is 10.0 Å². The first-order valence-electron chi connectivity index (χ1n) is 7.27. The van der Waals surface area contributed by atoms with E-state index >= 15 is 0 Å². The topological polar surface area (TPSA) is 84.5 Å². The van der Waals surface area contributed by atoms with Gasteiger partial charge in [-0.2, -0.15) is 0 Å². The van der Waals surface area contributed by atoms with Crippen LogP contribution in [0.1, 0.15) is 5.56 Å². The quantitative estimate of drug-likeness (QED) is 0.680. The van der Waals surface area contributed by atoms with Gasteiger partial charge in [0.15, 0.2) is 0 Å². The Morgan fingerprint density at radius 1 is 1.08 bits per heavy atom. The first-order valence-corrected chi connectivity index (χ1v) is 9.13. The fraction of sp³-hybridized carbons (Fsp3) is 0.188. The summed E-state index contributed by atoms with van der Waals surface area (Å²) in [5.41, 5.74) is 1.00. The molecule has 0 spiro atoms. The molecule has 2 N–H and O–H groups in total. The largest absolute Gasteiger partial charge is 0.354 e. The van der Waals surface area contributed by atoms with Crippen molar-refractivity contribution in [1.29, 1.82) is 0 Å². The zero-order chi connectivity index (χ0) is 18.3. The predicted octanol–water partition coefficient (Wildman–Crippen LogP) is 2.05. The number of carbonyl (C=O) groups excluding carboxylic acids is 1. The molecule has 0 aromatic heterocycles. The Bertz CT molecular complexity index is 811. The molecule has 0 saturated carbocycles. The maximum atomic E-state index is 12.8.